The quantitative estimate of drug-likeness (QED) is 0.311. The number of aromatic nitrogens is 1. The van der Waals surface area contributed by atoms with Crippen LogP contribution in [-0.4, -0.2) is 95.9 Å². The van der Waals surface area contributed by atoms with Gasteiger partial charge >= 0.3 is 6.09 Å². The fourth-order valence-corrected chi connectivity index (χ4v) is 4.11. The number of nitrogens with zero attached hydrogens (tertiary/aromatic N) is 6. The largest absolute Gasteiger partial charge is 0.444 e. The number of nitrogens with two attached hydrogens (primary N) is 1. The van der Waals surface area contributed by atoms with Crippen molar-refractivity contribution in [3.8, 4) is 0 Å². The Hall–Kier alpha value is -2.75. The van der Waals surface area contributed by atoms with Crippen LogP contribution < -0.4 is 15.5 Å². The van der Waals surface area contributed by atoms with Crippen LogP contribution in [0.25, 0.3) is 0 Å². The van der Waals surface area contributed by atoms with Gasteiger partial charge in [-0.05, 0) is 40.3 Å². The van der Waals surface area contributed by atoms with E-state index in [1.165, 1.54) is 0 Å². The van der Waals surface area contributed by atoms with Crippen LogP contribution in [-0.2, 0) is 4.74 Å². The summed E-state index contributed by atoms with van der Waals surface area (Å²) in [6.07, 6.45) is -0.286. The first-order valence-corrected chi connectivity index (χ1v) is 11.3. The van der Waals surface area contributed by atoms with E-state index in [9.17, 15) is 10.0 Å². The Balaban J connectivity index is 1.79. The van der Waals surface area contributed by atoms with E-state index in [1.54, 1.807) is 4.90 Å². The molecule has 2 aliphatic rings. The number of hydrogen-bond acceptors (Lipinski definition) is 8. The Bertz CT molecular complexity index is 831. The van der Waals surface area contributed by atoms with Crippen LogP contribution in [0.3, 0.4) is 0 Å². The summed E-state index contributed by atoms with van der Waals surface area (Å²) >= 11 is 0. The van der Waals surface area contributed by atoms with Gasteiger partial charge in [-0.2, -0.15) is 0 Å². The van der Waals surface area contributed by atoms with Crippen LogP contribution in [0.15, 0.2) is 17.3 Å². The summed E-state index contributed by atoms with van der Waals surface area (Å²) in [4.78, 5) is 25.9. The molecule has 3 N–H and O–H groups in total. The highest BCUT2D eigenvalue weighted by molar-refractivity contribution is 5.96. The van der Waals surface area contributed by atoms with E-state index in [0.29, 0.717) is 25.3 Å². The smallest absolute Gasteiger partial charge is 0.410 e. The van der Waals surface area contributed by atoms with Crippen molar-refractivity contribution in [2.75, 3.05) is 62.2 Å². The van der Waals surface area contributed by atoms with Crippen LogP contribution in [0.1, 0.15) is 40.3 Å². The number of ether oxygens (including phenoxy) is 1. The maximum absolute atomic E-state index is 12.6. The van der Waals surface area contributed by atoms with Crippen molar-refractivity contribution in [2.45, 2.75) is 46.3 Å². The predicted octanol–water partition coefficient (Wildman–Crippen LogP) is 1.76. The number of amidine groups is 1. The lowest BCUT2D eigenvalue weighted by molar-refractivity contribution is 0.0159. The lowest BCUT2D eigenvalue weighted by Gasteiger charge is -2.41. The number of pyridine rings is 1. The topological polar surface area (TPSA) is 111 Å². The van der Waals surface area contributed by atoms with Crippen LogP contribution in [0, 0.1) is 0 Å². The molecule has 3 rings (SSSR count). The lowest BCUT2D eigenvalue weighted by atomic mass is 10.1. The molecule has 0 aliphatic carbocycles. The summed E-state index contributed by atoms with van der Waals surface area (Å²) in [5.74, 6) is 0.808. The standard InChI is InChI=1S/C22H37N7O3/c1-6-26-7-9-27(10-8-26)19-14-17(13-18(24-19)20(23)25-31)28-11-12-29(16(2)15-28)21(30)32-22(3,4)5/h13-14,16,31H,6-12,15H2,1-5H3,(H2,23,25). The second-order valence-electron chi connectivity index (χ2n) is 9.44. The van der Waals surface area contributed by atoms with Gasteiger partial charge in [0.25, 0.3) is 0 Å². The zero-order valence-electron chi connectivity index (χ0n) is 19.9. The molecule has 1 aromatic heterocycles. The van der Waals surface area contributed by atoms with Crippen molar-refractivity contribution in [3.63, 3.8) is 0 Å². The molecule has 0 bridgehead atoms. The first-order valence-electron chi connectivity index (χ1n) is 11.3. The van der Waals surface area contributed by atoms with Gasteiger partial charge < -0.3 is 35.3 Å². The molecule has 0 aromatic carbocycles. The van der Waals surface area contributed by atoms with Crippen molar-refractivity contribution in [3.05, 3.63) is 17.8 Å². The minimum Gasteiger partial charge on any atom is -0.444 e. The average Bonchev–Trinajstić information content (AvgIpc) is 2.77. The summed E-state index contributed by atoms with van der Waals surface area (Å²) in [7, 11) is 0. The maximum atomic E-state index is 12.6. The van der Waals surface area contributed by atoms with Crippen LogP contribution >= 0.6 is 0 Å². The number of carbonyl (C=O) groups excluding carboxylic acids is 1. The first kappa shape index (κ1) is 23.9. The Labute approximate surface area is 190 Å². The van der Waals surface area contributed by atoms with E-state index >= 15 is 0 Å². The second-order valence-corrected chi connectivity index (χ2v) is 9.44. The zero-order valence-corrected chi connectivity index (χ0v) is 19.9. The minimum atomic E-state index is -0.522. The van der Waals surface area contributed by atoms with E-state index in [1.807, 2.05) is 33.8 Å². The third-order valence-corrected chi connectivity index (χ3v) is 5.93. The maximum Gasteiger partial charge on any atom is 0.410 e. The highest BCUT2D eigenvalue weighted by Crippen LogP contribution is 2.26. The molecule has 3 heterocycles. The number of amides is 1. The van der Waals surface area contributed by atoms with Gasteiger partial charge in [0.1, 0.15) is 17.1 Å². The SMILES string of the molecule is CCN1CCN(c2cc(N3CCN(C(=O)OC(C)(C)C)C(C)C3)cc(/C(N)=N/O)n2)CC1. The van der Waals surface area contributed by atoms with E-state index < -0.39 is 5.60 Å². The molecule has 0 spiro atoms. The molecule has 1 atom stereocenters. The highest BCUT2D eigenvalue weighted by atomic mass is 16.6. The van der Waals surface area contributed by atoms with Gasteiger partial charge in [-0.3, -0.25) is 0 Å². The van der Waals surface area contributed by atoms with Crippen LogP contribution in [0.5, 0.6) is 0 Å². The molecular weight excluding hydrogens is 410 g/mol. The normalized spacial score (nSPS) is 21.1. The number of carbonyl (C=O) groups is 1. The Morgan fingerprint density at radius 3 is 2.41 bits per heavy atom. The summed E-state index contributed by atoms with van der Waals surface area (Å²) in [5.41, 5.74) is 6.78. The Morgan fingerprint density at radius 2 is 1.84 bits per heavy atom. The van der Waals surface area contributed by atoms with Gasteiger partial charge in [0.2, 0.25) is 0 Å². The molecule has 0 radical (unpaired) electrons. The van der Waals surface area contributed by atoms with E-state index in [-0.39, 0.29) is 18.0 Å². The third kappa shape index (κ3) is 5.73. The van der Waals surface area contributed by atoms with Crippen molar-refractivity contribution < 1.29 is 14.7 Å². The van der Waals surface area contributed by atoms with E-state index in [4.69, 9.17) is 10.5 Å². The molecule has 32 heavy (non-hydrogen) atoms. The number of piperazine rings is 2. The van der Waals surface area contributed by atoms with Gasteiger partial charge in [0, 0.05) is 63.6 Å². The molecule has 10 nitrogen and oxygen atoms in total. The van der Waals surface area contributed by atoms with Gasteiger partial charge in [0.05, 0.1) is 0 Å². The van der Waals surface area contributed by atoms with Gasteiger partial charge in [-0.25, -0.2) is 9.78 Å². The minimum absolute atomic E-state index is 0.0132. The fourth-order valence-electron chi connectivity index (χ4n) is 4.11. The van der Waals surface area contributed by atoms with Gasteiger partial charge in [0.15, 0.2) is 5.84 Å². The fraction of sp³-hybridized carbons (Fsp3) is 0.682. The molecule has 178 valence electrons. The molecule has 2 aliphatic heterocycles. The summed E-state index contributed by atoms with van der Waals surface area (Å²) in [6.45, 7) is 16.4. The average molecular weight is 448 g/mol. The number of oxime groups is 1. The monoisotopic (exact) mass is 447 g/mol. The summed E-state index contributed by atoms with van der Waals surface area (Å²) in [6, 6.07) is 3.89. The zero-order chi connectivity index (χ0) is 23.5. The van der Waals surface area contributed by atoms with Gasteiger partial charge in [-0.1, -0.05) is 12.1 Å². The van der Waals surface area contributed by atoms with Crippen molar-refractivity contribution in [1.29, 1.82) is 0 Å². The molecular formula is C22H37N7O3. The molecule has 1 amide bonds. The lowest BCUT2D eigenvalue weighted by Crippen LogP contribution is -2.55. The first-order chi connectivity index (χ1) is 15.1. The predicted molar refractivity (Wildman–Crippen MR) is 126 cm³/mol. The molecule has 0 saturated carbocycles. The summed E-state index contributed by atoms with van der Waals surface area (Å²) in [5, 5.41) is 12.4. The Morgan fingerprint density at radius 1 is 1.19 bits per heavy atom. The van der Waals surface area contributed by atoms with Crippen molar-refractivity contribution in [2.24, 2.45) is 10.9 Å². The number of likely N-dealkylation sites (N-methyl/N-ethyl adjacent to an activating group) is 1. The second kappa shape index (κ2) is 9.81. The number of rotatable bonds is 4. The van der Waals surface area contributed by atoms with E-state index in [2.05, 4.69) is 37.8 Å². The Kier molecular flexibility index (Phi) is 7.33. The molecule has 2 fully saturated rings. The van der Waals surface area contributed by atoms with Crippen molar-refractivity contribution >= 4 is 23.4 Å². The molecule has 2 saturated heterocycles. The third-order valence-electron chi connectivity index (χ3n) is 5.93. The molecule has 10 heteroatoms. The molecule has 1 unspecified atom stereocenters. The van der Waals surface area contributed by atoms with E-state index in [0.717, 1.165) is 44.2 Å². The van der Waals surface area contributed by atoms with Crippen LogP contribution in [0.2, 0.25) is 0 Å². The molecule has 1 aromatic rings. The van der Waals surface area contributed by atoms with Crippen molar-refractivity contribution in [1.82, 2.24) is 14.8 Å². The highest BCUT2D eigenvalue weighted by Gasteiger charge is 2.31. The van der Waals surface area contributed by atoms with Gasteiger partial charge in [-0.15, -0.1) is 0 Å². The number of anilines is 2. The summed E-state index contributed by atoms with van der Waals surface area (Å²) < 4.78 is 5.56. The number of hydrogen-bond donors (Lipinski definition) is 2. The van der Waals surface area contributed by atoms with Crippen LogP contribution in [0.4, 0.5) is 16.3 Å².